The summed E-state index contributed by atoms with van der Waals surface area (Å²) in [4.78, 5) is 41.3. The van der Waals surface area contributed by atoms with E-state index in [2.05, 4.69) is 10.2 Å². The van der Waals surface area contributed by atoms with E-state index in [4.69, 9.17) is 9.47 Å². The highest BCUT2D eigenvalue weighted by Gasteiger charge is 2.52. The topological polar surface area (TPSA) is 88.2 Å². The van der Waals surface area contributed by atoms with Crippen LogP contribution in [0.5, 0.6) is 11.5 Å². The van der Waals surface area contributed by atoms with Crippen LogP contribution in [0.15, 0.2) is 18.2 Å². The first-order valence-corrected chi connectivity index (χ1v) is 12.0. The minimum Gasteiger partial charge on any atom is -0.493 e. The number of nitrogens with one attached hydrogen (secondary N) is 1. The maximum Gasteiger partial charge on any atom is 0.235 e. The Morgan fingerprint density at radius 2 is 1.79 bits per heavy atom. The predicted octanol–water partition coefficient (Wildman–Crippen LogP) is 2.49. The Hall–Kier alpha value is -2.61. The average molecular weight is 458 g/mol. The Labute approximate surface area is 195 Å². The van der Waals surface area contributed by atoms with Crippen LogP contribution in [0.3, 0.4) is 0 Å². The molecule has 0 unspecified atom stereocenters. The summed E-state index contributed by atoms with van der Waals surface area (Å²) in [5.41, 5.74) is 0.698. The lowest BCUT2D eigenvalue weighted by atomic mass is 9.84. The Balaban J connectivity index is 1.20. The third-order valence-corrected chi connectivity index (χ3v) is 7.42. The van der Waals surface area contributed by atoms with Crippen molar-refractivity contribution >= 4 is 17.7 Å². The van der Waals surface area contributed by atoms with E-state index in [0.717, 1.165) is 75.2 Å². The average Bonchev–Trinajstić information content (AvgIpc) is 3.38. The van der Waals surface area contributed by atoms with E-state index in [1.165, 1.54) is 4.90 Å². The lowest BCUT2D eigenvalue weighted by Gasteiger charge is -2.32. The first-order valence-electron chi connectivity index (χ1n) is 12.0. The number of hydrogen-bond donors (Lipinski definition) is 1. The van der Waals surface area contributed by atoms with Crippen molar-refractivity contribution in [1.82, 2.24) is 15.1 Å². The molecule has 3 aliphatic rings. The van der Waals surface area contributed by atoms with Crippen molar-refractivity contribution in [2.45, 2.75) is 64.0 Å². The minimum absolute atomic E-state index is 0.0544. The fraction of sp³-hybridized carbons (Fsp3) is 0.640. The standard InChI is InChI=1S/C25H35N3O5/c1-32-20-6-5-18(15-21(20)33-2)17-27-12-7-19(8-13-27)26-22(29)9-14-28-23(30)16-25(24(28)31)10-3-4-11-25/h5-6,15,19H,3-4,7-14,16-17H2,1-2H3,(H,26,29). The highest BCUT2D eigenvalue weighted by atomic mass is 16.5. The molecule has 0 atom stereocenters. The number of amides is 3. The Bertz CT molecular complexity index is 888. The molecular formula is C25H35N3O5. The van der Waals surface area contributed by atoms with E-state index >= 15 is 0 Å². The number of methoxy groups -OCH3 is 2. The van der Waals surface area contributed by atoms with Crippen LogP contribution in [-0.2, 0) is 20.9 Å². The monoisotopic (exact) mass is 457 g/mol. The van der Waals surface area contributed by atoms with Crippen molar-refractivity contribution in [1.29, 1.82) is 0 Å². The fourth-order valence-electron chi connectivity index (χ4n) is 5.51. The number of hydrogen-bond acceptors (Lipinski definition) is 6. The first-order chi connectivity index (χ1) is 15.9. The van der Waals surface area contributed by atoms with Crippen LogP contribution in [0, 0.1) is 5.41 Å². The first kappa shape index (κ1) is 23.5. The maximum atomic E-state index is 12.8. The highest BCUT2D eigenvalue weighted by molar-refractivity contribution is 6.06. The summed E-state index contributed by atoms with van der Waals surface area (Å²) >= 11 is 0. The van der Waals surface area contributed by atoms with E-state index in [1.807, 2.05) is 18.2 Å². The summed E-state index contributed by atoms with van der Waals surface area (Å²) in [7, 11) is 3.27. The zero-order chi connectivity index (χ0) is 23.4. The number of imide groups is 1. The van der Waals surface area contributed by atoms with Crippen LogP contribution >= 0.6 is 0 Å². The van der Waals surface area contributed by atoms with Crippen LogP contribution < -0.4 is 14.8 Å². The second kappa shape index (κ2) is 10.1. The third kappa shape index (κ3) is 5.16. The quantitative estimate of drug-likeness (QED) is 0.604. The molecule has 1 spiro atoms. The Kier molecular flexibility index (Phi) is 7.22. The van der Waals surface area contributed by atoms with Crippen molar-refractivity contribution in [2.75, 3.05) is 33.9 Å². The van der Waals surface area contributed by atoms with Crippen molar-refractivity contribution in [3.05, 3.63) is 23.8 Å². The zero-order valence-electron chi connectivity index (χ0n) is 19.7. The summed E-state index contributed by atoms with van der Waals surface area (Å²) in [6.07, 6.45) is 5.90. The molecule has 1 aliphatic carbocycles. The number of carbonyl (C=O) groups is 3. The summed E-state index contributed by atoms with van der Waals surface area (Å²) in [6.45, 7) is 2.81. The van der Waals surface area contributed by atoms with E-state index in [1.54, 1.807) is 14.2 Å². The largest absolute Gasteiger partial charge is 0.493 e. The predicted molar refractivity (Wildman–Crippen MR) is 123 cm³/mol. The van der Waals surface area contributed by atoms with Crippen LogP contribution in [0.2, 0.25) is 0 Å². The van der Waals surface area contributed by atoms with E-state index in [0.29, 0.717) is 6.42 Å². The van der Waals surface area contributed by atoms with Gasteiger partial charge in [0.2, 0.25) is 17.7 Å². The molecule has 1 saturated carbocycles. The van der Waals surface area contributed by atoms with Gasteiger partial charge in [-0.25, -0.2) is 0 Å². The molecule has 0 bridgehead atoms. The molecule has 2 aliphatic heterocycles. The van der Waals surface area contributed by atoms with Gasteiger partial charge in [0.25, 0.3) is 0 Å². The van der Waals surface area contributed by atoms with Crippen molar-refractivity contribution < 1.29 is 23.9 Å². The van der Waals surface area contributed by atoms with Crippen LogP contribution in [-0.4, -0.2) is 67.4 Å². The lowest BCUT2D eigenvalue weighted by Crippen LogP contribution is -2.45. The zero-order valence-corrected chi connectivity index (χ0v) is 19.7. The van der Waals surface area contributed by atoms with Gasteiger partial charge in [-0.3, -0.25) is 24.2 Å². The van der Waals surface area contributed by atoms with Gasteiger partial charge in [0.1, 0.15) is 0 Å². The van der Waals surface area contributed by atoms with Gasteiger partial charge in [-0.15, -0.1) is 0 Å². The number of likely N-dealkylation sites (tertiary alicyclic amines) is 2. The molecule has 4 rings (SSSR count). The number of carbonyl (C=O) groups excluding carboxylic acids is 3. The second-order valence-corrected chi connectivity index (χ2v) is 9.57. The summed E-state index contributed by atoms with van der Waals surface area (Å²) < 4.78 is 10.7. The van der Waals surface area contributed by atoms with Gasteiger partial charge in [-0.05, 0) is 43.4 Å². The molecule has 1 N–H and O–H groups in total. The summed E-state index contributed by atoms with van der Waals surface area (Å²) in [5, 5.41) is 3.10. The van der Waals surface area contributed by atoms with Crippen LogP contribution in [0.4, 0.5) is 0 Å². The van der Waals surface area contributed by atoms with Crippen LogP contribution in [0.1, 0.15) is 56.9 Å². The lowest BCUT2D eigenvalue weighted by molar-refractivity contribution is -0.141. The second-order valence-electron chi connectivity index (χ2n) is 9.57. The van der Waals surface area contributed by atoms with E-state index in [-0.39, 0.29) is 36.7 Å². The van der Waals surface area contributed by atoms with Gasteiger partial charge in [0, 0.05) is 45.1 Å². The highest BCUT2D eigenvalue weighted by Crippen LogP contribution is 2.46. The summed E-state index contributed by atoms with van der Waals surface area (Å²) in [6, 6.07) is 6.10. The fourth-order valence-corrected chi connectivity index (χ4v) is 5.51. The SMILES string of the molecule is COc1ccc(CN2CCC(NC(=O)CCN3C(=O)CC4(CCCC4)C3=O)CC2)cc1OC. The van der Waals surface area contributed by atoms with Crippen molar-refractivity contribution in [3.63, 3.8) is 0 Å². The van der Waals surface area contributed by atoms with Gasteiger partial charge in [0.15, 0.2) is 11.5 Å². The molecule has 0 aromatic heterocycles. The molecule has 2 heterocycles. The van der Waals surface area contributed by atoms with Crippen LogP contribution in [0.25, 0.3) is 0 Å². The van der Waals surface area contributed by atoms with Gasteiger partial charge in [-0.1, -0.05) is 18.9 Å². The maximum absolute atomic E-state index is 12.8. The van der Waals surface area contributed by atoms with Crippen molar-refractivity contribution in [2.24, 2.45) is 5.41 Å². The number of nitrogens with zero attached hydrogens (tertiary/aromatic N) is 2. The number of piperidine rings is 1. The third-order valence-electron chi connectivity index (χ3n) is 7.42. The van der Waals surface area contributed by atoms with Gasteiger partial charge >= 0.3 is 0 Å². The van der Waals surface area contributed by atoms with E-state index < -0.39 is 5.41 Å². The number of benzene rings is 1. The van der Waals surface area contributed by atoms with Gasteiger partial charge in [0.05, 0.1) is 19.6 Å². The molecule has 2 saturated heterocycles. The molecule has 8 nitrogen and oxygen atoms in total. The molecule has 3 amide bonds. The Morgan fingerprint density at radius 1 is 1.09 bits per heavy atom. The minimum atomic E-state index is -0.464. The molecule has 180 valence electrons. The van der Waals surface area contributed by atoms with Gasteiger partial charge in [-0.2, -0.15) is 0 Å². The summed E-state index contributed by atoms with van der Waals surface area (Å²) in [5.74, 6) is 1.20. The normalized spacial score (nSPS) is 21.1. The van der Waals surface area contributed by atoms with Gasteiger partial charge < -0.3 is 14.8 Å². The molecule has 1 aromatic carbocycles. The molecule has 8 heteroatoms. The molecule has 33 heavy (non-hydrogen) atoms. The smallest absolute Gasteiger partial charge is 0.235 e. The number of ether oxygens (including phenoxy) is 2. The molecule has 1 aromatic rings. The Morgan fingerprint density at radius 3 is 2.45 bits per heavy atom. The number of rotatable bonds is 8. The van der Waals surface area contributed by atoms with E-state index in [9.17, 15) is 14.4 Å². The molecule has 3 fully saturated rings. The molecular weight excluding hydrogens is 422 g/mol. The molecule has 0 radical (unpaired) electrons. The van der Waals surface area contributed by atoms with Crippen molar-refractivity contribution in [3.8, 4) is 11.5 Å².